The molecular weight excluding hydrogens is 298 g/mol. The van der Waals surface area contributed by atoms with Gasteiger partial charge in [0.15, 0.2) is 5.78 Å². The molecular formula is C20H19N3O. The van der Waals surface area contributed by atoms with Crippen molar-refractivity contribution in [2.45, 2.75) is 20.3 Å². The second-order valence-electron chi connectivity index (χ2n) is 5.88. The van der Waals surface area contributed by atoms with Crippen molar-refractivity contribution < 1.29 is 4.79 Å². The van der Waals surface area contributed by atoms with Crippen molar-refractivity contribution in [1.82, 2.24) is 4.98 Å². The molecule has 1 heterocycles. The number of fused-ring (bicyclic) bond motifs is 1. The van der Waals surface area contributed by atoms with Crippen LogP contribution in [0.1, 0.15) is 34.1 Å². The number of hydrogen-bond donors (Lipinski definition) is 2. The Balaban J connectivity index is 1.79. The lowest BCUT2D eigenvalue weighted by atomic mass is 10.1. The van der Waals surface area contributed by atoms with Crippen LogP contribution in [0.4, 0.5) is 5.69 Å². The SMILES string of the molecule is CC(=O)c1ccc(C#N)c(NCCc2c(C)[nH]c3ccccc23)c1. The minimum atomic E-state index is -0.00462. The van der Waals surface area contributed by atoms with Crippen LogP contribution >= 0.6 is 0 Å². The number of hydrogen-bond acceptors (Lipinski definition) is 3. The summed E-state index contributed by atoms with van der Waals surface area (Å²) in [5, 5.41) is 13.8. The number of nitrogens with zero attached hydrogens (tertiary/aromatic N) is 1. The number of carbonyl (C=O) groups excluding carboxylic acids is 1. The summed E-state index contributed by atoms with van der Waals surface area (Å²) in [6, 6.07) is 15.5. The summed E-state index contributed by atoms with van der Waals surface area (Å²) >= 11 is 0. The molecule has 0 unspecified atom stereocenters. The zero-order chi connectivity index (χ0) is 17.1. The van der Waals surface area contributed by atoms with Gasteiger partial charge in [-0.2, -0.15) is 5.26 Å². The summed E-state index contributed by atoms with van der Waals surface area (Å²) in [5.74, 6) is -0.00462. The van der Waals surface area contributed by atoms with E-state index in [0.29, 0.717) is 23.4 Å². The predicted molar refractivity (Wildman–Crippen MR) is 96.4 cm³/mol. The Morgan fingerprint density at radius 3 is 2.79 bits per heavy atom. The van der Waals surface area contributed by atoms with E-state index >= 15 is 0 Å². The van der Waals surface area contributed by atoms with Crippen LogP contribution in [0.25, 0.3) is 10.9 Å². The molecule has 2 N–H and O–H groups in total. The lowest BCUT2D eigenvalue weighted by molar-refractivity contribution is 0.101. The molecule has 4 heteroatoms. The van der Waals surface area contributed by atoms with Crippen molar-refractivity contribution >= 4 is 22.4 Å². The topological polar surface area (TPSA) is 68.7 Å². The number of aromatic nitrogens is 1. The Morgan fingerprint density at radius 1 is 1.25 bits per heavy atom. The molecule has 0 aliphatic rings. The Labute approximate surface area is 141 Å². The highest BCUT2D eigenvalue weighted by Crippen LogP contribution is 2.23. The maximum Gasteiger partial charge on any atom is 0.159 e. The highest BCUT2D eigenvalue weighted by Gasteiger charge is 2.09. The van der Waals surface area contributed by atoms with Crippen LogP contribution < -0.4 is 5.32 Å². The minimum absolute atomic E-state index is 0.00462. The van der Waals surface area contributed by atoms with Crippen molar-refractivity contribution in [3.63, 3.8) is 0 Å². The first kappa shape index (κ1) is 15.8. The Bertz CT molecular complexity index is 947. The van der Waals surface area contributed by atoms with Crippen LogP contribution in [0.2, 0.25) is 0 Å². The van der Waals surface area contributed by atoms with Crippen molar-refractivity contribution in [3.8, 4) is 6.07 Å². The number of para-hydroxylation sites is 1. The quantitative estimate of drug-likeness (QED) is 0.693. The van der Waals surface area contributed by atoms with Crippen molar-refractivity contribution in [1.29, 1.82) is 5.26 Å². The molecule has 2 aromatic carbocycles. The molecule has 0 saturated carbocycles. The van der Waals surface area contributed by atoms with Crippen LogP contribution in [-0.4, -0.2) is 17.3 Å². The van der Waals surface area contributed by atoms with Gasteiger partial charge in [-0.15, -0.1) is 0 Å². The molecule has 0 fully saturated rings. The molecule has 4 nitrogen and oxygen atoms in total. The Kier molecular flexibility index (Phi) is 4.35. The Morgan fingerprint density at radius 2 is 2.04 bits per heavy atom. The summed E-state index contributed by atoms with van der Waals surface area (Å²) in [4.78, 5) is 14.9. The molecule has 1 aromatic heterocycles. The average Bonchev–Trinajstić information content (AvgIpc) is 2.90. The number of rotatable bonds is 5. The second-order valence-corrected chi connectivity index (χ2v) is 5.88. The normalized spacial score (nSPS) is 10.5. The lowest BCUT2D eigenvalue weighted by Gasteiger charge is -2.10. The molecule has 3 aromatic rings. The van der Waals surface area contributed by atoms with Crippen molar-refractivity contribution in [3.05, 3.63) is 64.8 Å². The number of carbonyl (C=O) groups is 1. The van der Waals surface area contributed by atoms with E-state index < -0.39 is 0 Å². The molecule has 0 amide bonds. The van der Waals surface area contributed by atoms with Gasteiger partial charge in [-0.1, -0.05) is 18.2 Å². The van der Waals surface area contributed by atoms with Gasteiger partial charge in [0.1, 0.15) is 6.07 Å². The van der Waals surface area contributed by atoms with Gasteiger partial charge in [-0.25, -0.2) is 0 Å². The molecule has 3 rings (SSSR count). The third kappa shape index (κ3) is 3.02. The van der Waals surface area contributed by atoms with E-state index in [1.807, 2.05) is 12.1 Å². The molecule has 0 aliphatic carbocycles. The van der Waals surface area contributed by atoms with E-state index in [2.05, 4.69) is 35.4 Å². The highest BCUT2D eigenvalue weighted by molar-refractivity contribution is 5.95. The van der Waals surface area contributed by atoms with Gasteiger partial charge in [0.05, 0.1) is 11.3 Å². The fraction of sp³-hybridized carbons (Fsp3) is 0.200. The zero-order valence-corrected chi connectivity index (χ0v) is 13.8. The van der Waals surface area contributed by atoms with Gasteiger partial charge in [-0.05, 0) is 50.1 Å². The van der Waals surface area contributed by atoms with E-state index in [0.717, 1.165) is 17.6 Å². The third-order valence-corrected chi connectivity index (χ3v) is 4.26. The summed E-state index contributed by atoms with van der Waals surface area (Å²) in [6.45, 7) is 4.30. The molecule has 0 saturated heterocycles. The summed E-state index contributed by atoms with van der Waals surface area (Å²) < 4.78 is 0. The van der Waals surface area contributed by atoms with Gasteiger partial charge < -0.3 is 10.3 Å². The molecule has 0 spiro atoms. The van der Waals surface area contributed by atoms with E-state index in [4.69, 9.17) is 0 Å². The van der Waals surface area contributed by atoms with Gasteiger partial charge in [0.2, 0.25) is 0 Å². The van der Waals surface area contributed by atoms with Gasteiger partial charge in [0.25, 0.3) is 0 Å². The number of aryl methyl sites for hydroxylation is 1. The monoisotopic (exact) mass is 317 g/mol. The maximum atomic E-state index is 11.5. The minimum Gasteiger partial charge on any atom is -0.384 e. The highest BCUT2D eigenvalue weighted by atomic mass is 16.1. The molecule has 24 heavy (non-hydrogen) atoms. The molecule has 120 valence electrons. The van der Waals surface area contributed by atoms with Crippen molar-refractivity contribution in [2.24, 2.45) is 0 Å². The van der Waals surface area contributed by atoms with E-state index in [-0.39, 0.29) is 5.78 Å². The van der Waals surface area contributed by atoms with Gasteiger partial charge >= 0.3 is 0 Å². The number of anilines is 1. The molecule has 0 aliphatic heterocycles. The summed E-state index contributed by atoms with van der Waals surface area (Å²) in [6.07, 6.45) is 0.838. The number of Topliss-reactive ketones (excluding diaryl/α,β-unsaturated/α-hetero) is 1. The number of H-pyrrole nitrogens is 1. The number of nitrogens with one attached hydrogen (secondary N) is 2. The Hall–Kier alpha value is -3.06. The predicted octanol–water partition coefficient (Wildman–Crippen LogP) is 4.21. The molecule has 0 radical (unpaired) electrons. The average molecular weight is 317 g/mol. The van der Waals surface area contributed by atoms with Crippen LogP contribution in [0.3, 0.4) is 0 Å². The van der Waals surface area contributed by atoms with Gasteiger partial charge in [0, 0.05) is 28.7 Å². The van der Waals surface area contributed by atoms with Crippen LogP contribution in [0.15, 0.2) is 42.5 Å². The number of ketones is 1. The van der Waals surface area contributed by atoms with Crippen LogP contribution in [0, 0.1) is 18.3 Å². The van der Waals surface area contributed by atoms with E-state index in [1.54, 1.807) is 18.2 Å². The fourth-order valence-corrected chi connectivity index (χ4v) is 2.99. The first-order chi connectivity index (χ1) is 11.6. The second kappa shape index (κ2) is 6.59. The standard InChI is InChI=1S/C20H19N3O/c1-13-17(18-5-3-4-6-19(18)23-13)9-10-22-20-11-15(14(2)24)7-8-16(20)12-21/h3-8,11,22-23H,9-10H2,1-2H3. The maximum absolute atomic E-state index is 11.5. The van der Waals surface area contributed by atoms with Gasteiger partial charge in [-0.3, -0.25) is 4.79 Å². The first-order valence-electron chi connectivity index (χ1n) is 7.95. The number of benzene rings is 2. The summed E-state index contributed by atoms with van der Waals surface area (Å²) in [5.41, 5.74) is 5.45. The van der Waals surface area contributed by atoms with Crippen LogP contribution in [-0.2, 0) is 6.42 Å². The lowest BCUT2D eigenvalue weighted by Crippen LogP contribution is -2.08. The summed E-state index contributed by atoms with van der Waals surface area (Å²) in [7, 11) is 0. The van der Waals surface area contributed by atoms with Crippen LogP contribution in [0.5, 0.6) is 0 Å². The number of nitriles is 1. The largest absolute Gasteiger partial charge is 0.384 e. The fourth-order valence-electron chi connectivity index (χ4n) is 2.99. The molecule has 0 atom stereocenters. The molecule has 0 bridgehead atoms. The van der Waals surface area contributed by atoms with E-state index in [9.17, 15) is 10.1 Å². The number of aromatic amines is 1. The third-order valence-electron chi connectivity index (χ3n) is 4.26. The van der Waals surface area contributed by atoms with Crippen molar-refractivity contribution in [2.75, 3.05) is 11.9 Å². The van der Waals surface area contributed by atoms with E-state index in [1.165, 1.54) is 17.9 Å². The first-order valence-corrected chi connectivity index (χ1v) is 7.95. The smallest absolute Gasteiger partial charge is 0.159 e. The zero-order valence-electron chi connectivity index (χ0n) is 13.8.